The maximum atomic E-state index is 14.2. The highest BCUT2D eigenvalue weighted by atomic mass is 35.5. The molecular weight excluding hydrogens is 427 g/mol. The van der Waals surface area contributed by atoms with Gasteiger partial charge in [-0.15, -0.1) is 0 Å². The average molecular weight is 443 g/mol. The summed E-state index contributed by atoms with van der Waals surface area (Å²) in [6.45, 7) is 0.277. The van der Waals surface area contributed by atoms with Gasteiger partial charge in [0.15, 0.2) is 17.2 Å². The quantitative estimate of drug-likeness (QED) is 0.498. The summed E-state index contributed by atoms with van der Waals surface area (Å²) >= 11 is 6.03. The number of aromatic nitrogens is 5. The molecule has 1 aliphatic heterocycles. The number of halogens is 2. The molecule has 0 saturated heterocycles. The van der Waals surface area contributed by atoms with Crippen LogP contribution < -0.4 is 20.5 Å². The summed E-state index contributed by atoms with van der Waals surface area (Å²) in [6.07, 6.45) is 3.45. The molecule has 3 aromatic heterocycles. The van der Waals surface area contributed by atoms with Crippen LogP contribution in [0.5, 0.6) is 11.6 Å². The van der Waals surface area contributed by atoms with Gasteiger partial charge in [-0.1, -0.05) is 23.7 Å². The lowest BCUT2D eigenvalue weighted by Gasteiger charge is -2.26. The number of nitrogens with zero attached hydrogens (tertiary/aromatic N) is 4. The van der Waals surface area contributed by atoms with Gasteiger partial charge >= 0.3 is 5.69 Å². The summed E-state index contributed by atoms with van der Waals surface area (Å²) in [4.78, 5) is 28.4. The van der Waals surface area contributed by atoms with Gasteiger partial charge in [-0.05, 0) is 12.1 Å². The van der Waals surface area contributed by atoms with E-state index in [1.54, 1.807) is 18.2 Å². The summed E-state index contributed by atoms with van der Waals surface area (Å²) < 4.78 is 26.5. The second-order valence-corrected chi connectivity index (χ2v) is 7.31. The highest BCUT2D eigenvalue weighted by molar-refractivity contribution is 6.30. The zero-order valence-electron chi connectivity index (χ0n) is 16.2. The van der Waals surface area contributed by atoms with Crippen LogP contribution in [0.4, 0.5) is 16.0 Å². The number of imidazole rings is 1. The van der Waals surface area contributed by atoms with Crippen LogP contribution in [0.2, 0.25) is 5.02 Å². The van der Waals surface area contributed by atoms with E-state index in [9.17, 15) is 9.18 Å². The summed E-state index contributed by atoms with van der Waals surface area (Å²) in [6, 6.07) is 5.86. The number of aromatic amines is 1. The van der Waals surface area contributed by atoms with Gasteiger partial charge in [-0.3, -0.25) is 4.57 Å². The first kappa shape index (κ1) is 19.3. The maximum Gasteiger partial charge on any atom is 0.328 e. The third-order valence-electron chi connectivity index (χ3n) is 5.02. The Morgan fingerprint density at radius 3 is 3.06 bits per heavy atom. The Kier molecular flexibility index (Phi) is 4.70. The average Bonchev–Trinajstić information content (AvgIpc) is 3.09. The summed E-state index contributed by atoms with van der Waals surface area (Å²) in [5.41, 5.74) is 1.51. The SMILES string of the molecule is COc1ncc(Cl)cc1Nc1ncc2[nH]c(=O)n(C3CCOc4c(F)cccc43)c2n1. The van der Waals surface area contributed by atoms with Crippen molar-refractivity contribution >= 4 is 34.4 Å². The first-order chi connectivity index (χ1) is 15.0. The van der Waals surface area contributed by atoms with Gasteiger partial charge in [0.1, 0.15) is 11.2 Å². The Morgan fingerprint density at radius 1 is 1.35 bits per heavy atom. The fourth-order valence-electron chi connectivity index (χ4n) is 3.70. The van der Waals surface area contributed by atoms with Gasteiger partial charge in [-0.2, -0.15) is 4.98 Å². The third kappa shape index (κ3) is 3.34. The number of para-hydroxylation sites is 1. The summed E-state index contributed by atoms with van der Waals surface area (Å²) in [5, 5.41) is 3.42. The first-order valence-corrected chi connectivity index (χ1v) is 9.78. The van der Waals surface area contributed by atoms with Crippen molar-refractivity contribution < 1.29 is 13.9 Å². The topological polar surface area (TPSA) is 107 Å². The molecule has 4 heterocycles. The molecule has 0 saturated carbocycles. The van der Waals surface area contributed by atoms with E-state index in [2.05, 4.69) is 25.3 Å². The highest BCUT2D eigenvalue weighted by Crippen LogP contribution is 2.37. The molecule has 2 N–H and O–H groups in total. The number of benzene rings is 1. The number of H-pyrrole nitrogens is 1. The molecule has 0 aliphatic carbocycles. The Balaban J connectivity index is 1.61. The fourth-order valence-corrected chi connectivity index (χ4v) is 3.86. The van der Waals surface area contributed by atoms with Crippen molar-refractivity contribution in [3.05, 3.63) is 63.5 Å². The lowest BCUT2D eigenvalue weighted by molar-refractivity contribution is 0.244. The van der Waals surface area contributed by atoms with Crippen molar-refractivity contribution in [2.45, 2.75) is 12.5 Å². The van der Waals surface area contributed by atoms with Gasteiger partial charge in [0.2, 0.25) is 11.8 Å². The van der Waals surface area contributed by atoms with Crippen LogP contribution in [0.3, 0.4) is 0 Å². The third-order valence-corrected chi connectivity index (χ3v) is 5.23. The number of rotatable bonds is 4. The van der Waals surface area contributed by atoms with Crippen LogP contribution in [-0.4, -0.2) is 38.2 Å². The van der Waals surface area contributed by atoms with Crippen LogP contribution in [0.1, 0.15) is 18.0 Å². The van der Waals surface area contributed by atoms with Crippen LogP contribution in [0, 0.1) is 5.82 Å². The molecule has 4 aromatic rings. The Hall–Kier alpha value is -3.66. The standard InChI is InChI=1S/C20H16ClFN6O3/c1-30-18-13(7-10(21)8-23-18)25-19-24-9-14-17(27-19)28(20(29)26-14)15-5-6-31-16-11(15)3-2-4-12(16)22/h2-4,7-9,15H,5-6H2,1H3,(H,26,29)(H,24,25,27). The number of methoxy groups -OCH3 is 1. The maximum absolute atomic E-state index is 14.2. The molecule has 9 nitrogen and oxygen atoms in total. The molecule has 0 fully saturated rings. The predicted octanol–water partition coefficient (Wildman–Crippen LogP) is 3.43. The zero-order valence-corrected chi connectivity index (χ0v) is 17.0. The first-order valence-electron chi connectivity index (χ1n) is 9.40. The number of nitrogens with one attached hydrogen (secondary N) is 2. The van der Waals surface area contributed by atoms with E-state index >= 15 is 0 Å². The molecule has 5 rings (SSSR count). The van der Waals surface area contributed by atoms with Crippen molar-refractivity contribution in [1.29, 1.82) is 0 Å². The van der Waals surface area contributed by atoms with Crippen LogP contribution in [0.25, 0.3) is 11.2 Å². The molecule has 0 spiro atoms. The van der Waals surface area contributed by atoms with E-state index in [4.69, 9.17) is 21.1 Å². The smallest absolute Gasteiger partial charge is 0.328 e. The van der Waals surface area contributed by atoms with Crippen molar-refractivity contribution in [1.82, 2.24) is 24.5 Å². The van der Waals surface area contributed by atoms with E-state index < -0.39 is 11.9 Å². The molecule has 0 radical (unpaired) electrons. The van der Waals surface area contributed by atoms with Gasteiger partial charge in [-0.25, -0.2) is 19.2 Å². The van der Waals surface area contributed by atoms with Crippen molar-refractivity contribution in [2.75, 3.05) is 19.0 Å². The molecule has 1 atom stereocenters. The van der Waals surface area contributed by atoms with Crippen LogP contribution >= 0.6 is 11.6 Å². The minimum Gasteiger partial charge on any atom is -0.490 e. The number of ether oxygens (including phenoxy) is 2. The number of anilines is 2. The number of pyridine rings is 1. The Bertz CT molecular complexity index is 1350. The number of hydrogen-bond donors (Lipinski definition) is 2. The normalized spacial score (nSPS) is 15.4. The Morgan fingerprint density at radius 2 is 2.23 bits per heavy atom. The molecule has 158 valence electrons. The number of fused-ring (bicyclic) bond motifs is 2. The minimum atomic E-state index is -0.465. The van der Waals surface area contributed by atoms with E-state index in [1.165, 1.54) is 30.1 Å². The lowest BCUT2D eigenvalue weighted by atomic mass is 10.00. The molecule has 0 amide bonds. The summed E-state index contributed by atoms with van der Waals surface area (Å²) in [5.74, 6) is 0.220. The van der Waals surface area contributed by atoms with E-state index in [0.717, 1.165) is 0 Å². The van der Waals surface area contributed by atoms with E-state index in [1.807, 2.05) is 0 Å². The van der Waals surface area contributed by atoms with E-state index in [-0.39, 0.29) is 24.0 Å². The van der Waals surface area contributed by atoms with Crippen molar-refractivity contribution in [3.63, 3.8) is 0 Å². The summed E-state index contributed by atoms with van der Waals surface area (Å²) in [7, 11) is 1.48. The van der Waals surface area contributed by atoms with Gasteiger partial charge in [0.25, 0.3) is 0 Å². The molecule has 0 bridgehead atoms. The van der Waals surface area contributed by atoms with Crippen molar-refractivity contribution in [3.8, 4) is 11.6 Å². The van der Waals surface area contributed by atoms with Crippen LogP contribution in [0.15, 0.2) is 41.5 Å². The zero-order chi connectivity index (χ0) is 21.5. The second-order valence-electron chi connectivity index (χ2n) is 6.88. The van der Waals surface area contributed by atoms with Gasteiger partial charge in [0, 0.05) is 18.2 Å². The predicted molar refractivity (Wildman–Crippen MR) is 112 cm³/mol. The molecule has 1 aliphatic rings. The van der Waals surface area contributed by atoms with Crippen LogP contribution in [-0.2, 0) is 0 Å². The molecule has 11 heteroatoms. The van der Waals surface area contributed by atoms with E-state index in [0.29, 0.717) is 39.7 Å². The Labute approximate surface area is 179 Å². The molecular formula is C20H16ClFN6O3. The molecule has 31 heavy (non-hydrogen) atoms. The largest absolute Gasteiger partial charge is 0.490 e. The molecule has 1 unspecified atom stereocenters. The fraction of sp³-hybridized carbons (Fsp3) is 0.200. The van der Waals surface area contributed by atoms with Crippen molar-refractivity contribution in [2.24, 2.45) is 0 Å². The number of hydrogen-bond acceptors (Lipinski definition) is 7. The molecule has 1 aromatic carbocycles. The van der Waals surface area contributed by atoms with Gasteiger partial charge < -0.3 is 19.8 Å². The second kappa shape index (κ2) is 7.55. The monoisotopic (exact) mass is 442 g/mol. The lowest BCUT2D eigenvalue weighted by Crippen LogP contribution is -2.28. The highest BCUT2D eigenvalue weighted by Gasteiger charge is 2.28. The van der Waals surface area contributed by atoms with Gasteiger partial charge in [0.05, 0.1) is 31.0 Å². The minimum absolute atomic E-state index is 0.155.